The molecule has 0 radical (unpaired) electrons. The molecule has 0 aliphatic heterocycles. The van der Waals surface area contributed by atoms with Gasteiger partial charge in [-0.25, -0.2) is 9.97 Å². The highest BCUT2D eigenvalue weighted by molar-refractivity contribution is 6.31. The molecule has 0 spiro atoms. The van der Waals surface area contributed by atoms with Crippen molar-refractivity contribution in [2.75, 3.05) is 5.32 Å². The number of aromatic nitrogens is 2. The number of anilines is 1. The van der Waals surface area contributed by atoms with E-state index in [0.29, 0.717) is 11.2 Å². The van der Waals surface area contributed by atoms with Gasteiger partial charge < -0.3 is 5.32 Å². The monoisotopic (exact) mass is 269 g/mol. The number of unbranched alkanes of at least 4 members (excludes halogenated alkanes) is 1. The minimum absolute atomic E-state index is 0.448. The van der Waals surface area contributed by atoms with Crippen molar-refractivity contribution in [3.05, 3.63) is 16.5 Å². The van der Waals surface area contributed by atoms with Crippen LogP contribution in [-0.4, -0.2) is 16.0 Å². The third-order valence-electron chi connectivity index (χ3n) is 3.15. The van der Waals surface area contributed by atoms with Crippen molar-refractivity contribution in [2.24, 2.45) is 0 Å². The summed E-state index contributed by atoms with van der Waals surface area (Å²) in [4.78, 5) is 8.80. The van der Waals surface area contributed by atoms with E-state index in [4.69, 9.17) is 11.6 Å². The van der Waals surface area contributed by atoms with Crippen molar-refractivity contribution in [1.29, 1.82) is 0 Å². The molecule has 0 aromatic carbocycles. The van der Waals surface area contributed by atoms with Crippen LogP contribution in [-0.2, 0) is 0 Å². The van der Waals surface area contributed by atoms with Gasteiger partial charge in [0.25, 0.3) is 0 Å². The molecule has 1 rings (SSSR count). The molecule has 18 heavy (non-hydrogen) atoms. The summed E-state index contributed by atoms with van der Waals surface area (Å²) in [7, 11) is 0. The fourth-order valence-electron chi connectivity index (χ4n) is 1.95. The Bertz CT molecular complexity index is 380. The molecule has 1 aromatic heterocycles. The molecule has 4 heteroatoms. The van der Waals surface area contributed by atoms with Crippen LogP contribution in [0.15, 0.2) is 0 Å². The van der Waals surface area contributed by atoms with Crippen molar-refractivity contribution in [1.82, 2.24) is 9.97 Å². The Morgan fingerprint density at radius 2 is 1.72 bits per heavy atom. The van der Waals surface area contributed by atoms with E-state index in [1.807, 2.05) is 13.8 Å². The Morgan fingerprint density at radius 3 is 2.33 bits per heavy atom. The van der Waals surface area contributed by atoms with Crippen LogP contribution >= 0.6 is 11.6 Å². The van der Waals surface area contributed by atoms with E-state index in [0.717, 1.165) is 36.5 Å². The maximum absolute atomic E-state index is 6.14. The number of hydrogen-bond donors (Lipinski definition) is 1. The molecular formula is C14H24ClN3. The van der Waals surface area contributed by atoms with Gasteiger partial charge in [0.05, 0.1) is 11.4 Å². The topological polar surface area (TPSA) is 37.8 Å². The maximum Gasteiger partial charge on any atom is 0.171 e. The predicted octanol–water partition coefficient (Wildman–Crippen LogP) is 4.52. The van der Waals surface area contributed by atoms with Crippen LogP contribution in [0, 0.1) is 13.8 Å². The molecule has 1 atom stereocenters. The summed E-state index contributed by atoms with van der Waals surface area (Å²) in [5.41, 5.74) is 1.83. The number of halogens is 1. The summed E-state index contributed by atoms with van der Waals surface area (Å²) in [6.45, 7) is 8.31. The highest BCUT2D eigenvalue weighted by atomic mass is 35.5. The quantitative estimate of drug-likeness (QED) is 0.791. The van der Waals surface area contributed by atoms with E-state index >= 15 is 0 Å². The average Bonchev–Trinajstić information content (AvgIpc) is 2.33. The summed E-state index contributed by atoms with van der Waals surface area (Å²) in [6.07, 6.45) is 5.92. The molecule has 0 aliphatic rings. The molecule has 0 saturated carbocycles. The second-order valence-electron chi connectivity index (χ2n) is 4.81. The van der Waals surface area contributed by atoms with Gasteiger partial charge in [-0.05, 0) is 26.7 Å². The normalized spacial score (nSPS) is 12.5. The van der Waals surface area contributed by atoms with Gasteiger partial charge in [0.1, 0.15) is 0 Å². The van der Waals surface area contributed by atoms with E-state index in [-0.39, 0.29) is 0 Å². The zero-order chi connectivity index (χ0) is 13.5. The Morgan fingerprint density at radius 1 is 1.06 bits per heavy atom. The van der Waals surface area contributed by atoms with E-state index < -0.39 is 0 Å². The van der Waals surface area contributed by atoms with Crippen LogP contribution in [0.25, 0.3) is 0 Å². The smallest absolute Gasteiger partial charge is 0.171 e. The van der Waals surface area contributed by atoms with Gasteiger partial charge in [-0.1, -0.05) is 44.7 Å². The molecule has 0 saturated heterocycles. The largest absolute Gasteiger partial charge is 0.365 e. The Labute approximate surface area is 115 Å². The highest BCUT2D eigenvalue weighted by Gasteiger charge is 2.12. The van der Waals surface area contributed by atoms with Crippen LogP contribution in [0.2, 0.25) is 5.15 Å². The van der Waals surface area contributed by atoms with Crippen LogP contribution < -0.4 is 5.32 Å². The first-order valence-corrected chi connectivity index (χ1v) is 7.23. The van der Waals surface area contributed by atoms with Crippen molar-refractivity contribution in [3.8, 4) is 0 Å². The number of nitrogens with one attached hydrogen (secondary N) is 1. The minimum Gasteiger partial charge on any atom is -0.365 e. The molecule has 0 aliphatic carbocycles. The van der Waals surface area contributed by atoms with Crippen molar-refractivity contribution in [3.63, 3.8) is 0 Å². The van der Waals surface area contributed by atoms with Crippen molar-refractivity contribution < 1.29 is 0 Å². The minimum atomic E-state index is 0.448. The summed E-state index contributed by atoms with van der Waals surface area (Å²) in [5, 5.41) is 3.93. The first kappa shape index (κ1) is 15.2. The number of nitrogens with zero attached hydrogens (tertiary/aromatic N) is 2. The van der Waals surface area contributed by atoms with Crippen LogP contribution in [0.5, 0.6) is 0 Å². The van der Waals surface area contributed by atoms with E-state index in [1.165, 1.54) is 12.8 Å². The van der Waals surface area contributed by atoms with Crippen molar-refractivity contribution >= 4 is 17.4 Å². The van der Waals surface area contributed by atoms with Gasteiger partial charge in [0, 0.05) is 6.04 Å². The van der Waals surface area contributed by atoms with Gasteiger partial charge >= 0.3 is 0 Å². The molecule has 1 N–H and O–H groups in total. The SMILES string of the molecule is CCCCC(CCC)Nc1nc(C)c(C)nc1Cl. The lowest BCUT2D eigenvalue weighted by molar-refractivity contribution is 0.562. The van der Waals surface area contributed by atoms with Gasteiger partial charge in [-0.3, -0.25) is 0 Å². The molecule has 1 unspecified atom stereocenters. The average molecular weight is 270 g/mol. The summed E-state index contributed by atoms with van der Waals surface area (Å²) >= 11 is 6.14. The zero-order valence-electron chi connectivity index (χ0n) is 11.9. The highest BCUT2D eigenvalue weighted by Crippen LogP contribution is 2.21. The van der Waals surface area contributed by atoms with Crippen LogP contribution in [0.3, 0.4) is 0 Å². The zero-order valence-corrected chi connectivity index (χ0v) is 12.6. The summed E-state index contributed by atoms with van der Waals surface area (Å²) in [6, 6.07) is 0.448. The summed E-state index contributed by atoms with van der Waals surface area (Å²) < 4.78 is 0. The first-order valence-electron chi connectivity index (χ1n) is 6.85. The maximum atomic E-state index is 6.14. The van der Waals surface area contributed by atoms with E-state index in [1.54, 1.807) is 0 Å². The number of rotatable bonds is 7. The molecule has 102 valence electrons. The Hall–Kier alpha value is -0.830. The predicted molar refractivity (Wildman–Crippen MR) is 78.4 cm³/mol. The molecule has 1 aromatic rings. The van der Waals surface area contributed by atoms with E-state index in [2.05, 4.69) is 29.1 Å². The molecule has 1 heterocycles. The first-order chi connectivity index (χ1) is 8.58. The third kappa shape index (κ3) is 4.45. The lowest BCUT2D eigenvalue weighted by Gasteiger charge is -2.19. The summed E-state index contributed by atoms with van der Waals surface area (Å²) in [5.74, 6) is 0.731. The van der Waals surface area contributed by atoms with Gasteiger partial charge in [0.15, 0.2) is 11.0 Å². The molecule has 0 bridgehead atoms. The molecular weight excluding hydrogens is 246 g/mol. The fraction of sp³-hybridized carbons (Fsp3) is 0.714. The fourth-order valence-corrected chi connectivity index (χ4v) is 2.17. The molecule has 0 amide bonds. The van der Waals surface area contributed by atoms with E-state index in [9.17, 15) is 0 Å². The molecule has 3 nitrogen and oxygen atoms in total. The molecule has 0 fully saturated rings. The van der Waals surface area contributed by atoms with Gasteiger partial charge in [0.2, 0.25) is 0 Å². The number of aryl methyl sites for hydroxylation is 2. The second-order valence-corrected chi connectivity index (χ2v) is 5.16. The Balaban J connectivity index is 2.76. The Kier molecular flexibility index (Phi) is 6.41. The van der Waals surface area contributed by atoms with Crippen LogP contribution in [0.4, 0.5) is 5.82 Å². The number of hydrogen-bond acceptors (Lipinski definition) is 3. The van der Waals surface area contributed by atoms with Crippen LogP contribution in [0.1, 0.15) is 57.3 Å². The lowest BCUT2D eigenvalue weighted by atomic mass is 10.1. The van der Waals surface area contributed by atoms with Gasteiger partial charge in [-0.2, -0.15) is 0 Å². The lowest BCUT2D eigenvalue weighted by Crippen LogP contribution is -2.20. The van der Waals surface area contributed by atoms with Gasteiger partial charge in [-0.15, -0.1) is 0 Å². The second kappa shape index (κ2) is 7.57. The van der Waals surface area contributed by atoms with Crippen molar-refractivity contribution in [2.45, 2.75) is 65.8 Å². The standard InChI is InChI=1S/C14H24ClN3/c1-5-7-9-12(8-6-2)18-14-13(15)16-10(3)11(4)17-14/h12H,5-9H2,1-4H3,(H,17,18). The third-order valence-corrected chi connectivity index (χ3v) is 3.41.